The van der Waals surface area contributed by atoms with Crippen LogP contribution in [-0.4, -0.2) is 46.0 Å². The normalized spacial score (nSPS) is 13.5. The minimum Gasteiger partial charge on any atom is -0.480 e. The molecule has 3 aromatic rings. The Morgan fingerprint density at radius 2 is 2.07 bits per heavy atom. The van der Waals surface area contributed by atoms with Crippen LogP contribution in [0.1, 0.15) is 15.9 Å². The van der Waals surface area contributed by atoms with Gasteiger partial charge in [-0.1, -0.05) is 6.07 Å². The maximum atomic E-state index is 14.0. The molecule has 4 rings (SSSR count). The summed E-state index contributed by atoms with van der Waals surface area (Å²) in [5, 5.41) is 0. The SMILES string of the molecule is COc1ncccc1-c1ncc2c(n1)OCCN(Cc1ccc(F)cc1F)C2=O. The predicted octanol–water partition coefficient (Wildman–Crippen LogP) is 2.86. The van der Waals surface area contributed by atoms with Crippen molar-refractivity contribution in [1.82, 2.24) is 19.9 Å². The average Bonchev–Trinajstić information content (AvgIpc) is 2.88. The lowest BCUT2D eigenvalue weighted by atomic mass is 10.1. The topological polar surface area (TPSA) is 77.4 Å². The summed E-state index contributed by atoms with van der Waals surface area (Å²) in [5.74, 6) is -0.994. The highest BCUT2D eigenvalue weighted by atomic mass is 19.1. The first kappa shape index (κ1) is 18.7. The number of carbonyl (C=O) groups is 1. The molecule has 1 aliphatic rings. The number of aromatic nitrogens is 3. The molecule has 0 unspecified atom stereocenters. The van der Waals surface area contributed by atoms with Gasteiger partial charge in [0.15, 0.2) is 5.82 Å². The van der Waals surface area contributed by atoms with Gasteiger partial charge in [0, 0.05) is 30.6 Å². The number of methoxy groups -OCH3 is 1. The first-order valence-corrected chi connectivity index (χ1v) is 8.79. The molecule has 0 radical (unpaired) electrons. The Hall–Kier alpha value is -3.62. The fourth-order valence-electron chi connectivity index (χ4n) is 3.01. The van der Waals surface area contributed by atoms with Crippen molar-refractivity contribution >= 4 is 5.91 Å². The van der Waals surface area contributed by atoms with Gasteiger partial charge in [-0.15, -0.1) is 0 Å². The molecule has 0 N–H and O–H groups in total. The van der Waals surface area contributed by atoms with Crippen LogP contribution in [-0.2, 0) is 6.54 Å². The van der Waals surface area contributed by atoms with Crippen molar-refractivity contribution in [2.45, 2.75) is 6.54 Å². The largest absolute Gasteiger partial charge is 0.480 e. The van der Waals surface area contributed by atoms with Crippen molar-refractivity contribution in [2.75, 3.05) is 20.3 Å². The molecular formula is C20H16F2N4O3. The number of hydrogen-bond acceptors (Lipinski definition) is 6. The lowest BCUT2D eigenvalue weighted by molar-refractivity contribution is 0.0741. The van der Waals surface area contributed by atoms with Gasteiger partial charge < -0.3 is 14.4 Å². The Morgan fingerprint density at radius 3 is 2.86 bits per heavy atom. The number of halogens is 2. The van der Waals surface area contributed by atoms with Gasteiger partial charge in [0.05, 0.1) is 19.2 Å². The molecule has 1 amide bonds. The number of benzene rings is 1. The number of ether oxygens (including phenoxy) is 2. The second-order valence-electron chi connectivity index (χ2n) is 6.28. The number of rotatable bonds is 4. The fraction of sp³-hybridized carbons (Fsp3) is 0.200. The molecule has 1 aliphatic heterocycles. The zero-order chi connectivity index (χ0) is 20.4. The molecule has 1 aromatic carbocycles. The minimum absolute atomic E-state index is 0.0219. The van der Waals surface area contributed by atoms with Gasteiger partial charge in [-0.3, -0.25) is 4.79 Å². The smallest absolute Gasteiger partial charge is 0.261 e. The summed E-state index contributed by atoms with van der Waals surface area (Å²) < 4.78 is 38.0. The molecule has 7 nitrogen and oxygen atoms in total. The Morgan fingerprint density at radius 1 is 1.21 bits per heavy atom. The third-order valence-electron chi connectivity index (χ3n) is 4.45. The third-order valence-corrected chi connectivity index (χ3v) is 4.45. The monoisotopic (exact) mass is 398 g/mol. The molecular weight excluding hydrogens is 382 g/mol. The maximum absolute atomic E-state index is 14.0. The van der Waals surface area contributed by atoms with Crippen molar-refractivity contribution in [2.24, 2.45) is 0 Å². The molecule has 9 heteroatoms. The van der Waals surface area contributed by atoms with Gasteiger partial charge >= 0.3 is 0 Å². The summed E-state index contributed by atoms with van der Waals surface area (Å²) in [6, 6.07) is 6.73. The summed E-state index contributed by atoms with van der Waals surface area (Å²) in [5.41, 5.74) is 0.931. The zero-order valence-corrected chi connectivity index (χ0v) is 15.4. The number of carbonyl (C=O) groups excluding carboxylic acids is 1. The number of amides is 1. The highest BCUT2D eigenvalue weighted by Gasteiger charge is 2.27. The molecule has 148 valence electrons. The van der Waals surface area contributed by atoms with Crippen molar-refractivity contribution in [3.05, 3.63) is 65.5 Å². The first-order valence-electron chi connectivity index (χ1n) is 8.79. The van der Waals surface area contributed by atoms with Crippen molar-refractivity contribution in [1.29, 1.82) is 0 Å². The molecule has 0 fully saturated rings. The molecule has 0 atom stereocenters. The number of nitrogens with zero attached hydrogens (tertiary/aromatic N) is 4. The summed E-state index contributed by atoms with van der Waals surface area (Å²) in [6.07, 6.45) is 2.95. The lowest BCUT2D eigenvalue weighted by Gasteiger charge is -2.20. The third kappa shape index (κ3) is 3.71. The molecule has 0 saturated carbocycles. The zero-order valence-electron chi connectivity index (χ0n) is 15.4. The van der Waals surface area contributed by atoms with Crippen LogP contribution in [0.3, 0.4) is 0 Å². The summed E-state index contributed by atoms with van der Waals surface area (Å²) in [6.45, 7) is 0.367. The summed E-state index contributed by atoms with van der Waals surface area (Å²) >= 11 is 0. The van der Waals surface area contributed by atoms with E-state index >= 15 is 0 Å². The highest BCUT2D eigenvalue weighted by Crippen LogP contribution is 2.28. The standard InChI is InChI=1S/C20H16F2N4O3/c1-28-18-14(3-2-6-23-18)17-24-10-15-19(25-17)29-8-7-26(20(15)27)11-12-4-5-13(21)9-16(12)22/h2-6,9-10H,7-8,11H2,1H3. The molecule has 3 heterocycles. The van der Waals surface area contributed by atoms with Crippen LogP contribution in [0.4, 0.5) is 8.78 Å². The molecule has 2 aromatic heterocycles. The van der Waals surface area contributed by atoms with Gasteiger partial charge in [0.1, 0.15) is 23.8 Å². The number of fused-ring (bicyclic) bond motifs is 1. The van der Waals surface area contributed by atoms with Gasteiger partial charge in [-0.25, -0.2) is 18.7 Å². The van der Waals surface area contributed by atoms with E-state index in [9.17, 15) is 13.6 Å². The van der Waals surface area contributed by atoms with Crippen LogP contribution >= 0.6 is 0 Å². The van der Waals surface area contributed by atoms with E-state index in [4.69, 9.17) is 9.47 Å². The van der Waals surface area contributed by atoms with Crippen molar-refractivity contribution < 1.29 is 23.0 Å². The van der Waals surface area contributed by atoms with Crippen LogP contribution in [0.15, 0.2) is 42.7 Å². The highest BCUT2D eigenvalue weighted by molar-refractivity contribution is 5.96. The van der Waals surface area contributed by atoms with E-state index in [1.165, 1.54) is 24.3 Å². The molecule has 0 saturated heterocycles. The van der Waals surface area contributed by atoms with Crippen LogP contribution in [0.5, 0.6) is 11.8 Å². The predicted molar refractivity (Wildman–Crippen MR) is 98.4 cm³/mol. The second-order valence-corrected chi connectivity index (χ2v) is 6.28. The van der Waals surface area contributed by atoms with Crippen molar-refractivity contribution in [3.8, 4) is 23.1 Å². The van der Waals surface area contributed by atoms with E-state index in [-0.39, 0.29) is 36.7 Å². The molecule has 0 aliphatic carbocycles. The van der Waals surface area contributed by atoms with Crippen molar-refractivity contribution in [3.63, 3.8) is 0 Å². The Balaban J connectivity index is 1.64. The van der Waals surface area contributed by atoms with E-state index in [2.05, 4.69) is 15.0 Å². The fourth-order valence-corrected chi connectivity index (χ4v) is 3.01. The van der Waals surface area contributed by atoms with Crippen LogP contribution in [0.2, 0.25) is 0 Å². The van der Waals surface area contributed by atoms with Gasteiger partial charge in [-0.2, -0.15) is 4.98 Å². The number of pyridine rings is 1. The molecule has 0 spiro atoms. The molecule has 29 heavy (non-hydrogen) atoms. The first-order chi connectivity index (χ1) is 14.1. The second kappa shape index (κ2) is 7.78. The average molecular weight is 398 g/mol. The lowest BCUT2D eigenvalue weighted by Crippen LogP contribution is -2.32. The van der Waals surface area contributed by atoms with Crippen LogP contribution < -0.4 is 9.47 Å². The van der Waals surface area contributed by atoms with E-state index < -0.39 is 17.5 Å². The van der Waals surface area contributed by atoms with E-state index in [0.717, 1.165) is 12.1 Å². The van der Waals surface area contributed by atoms with E-state index in [1.54, 1.807) is 18.3 Å². The molecule has 0 bridgehead atoms. The summed E-state index contributed by atoms with van der Waals surface area (Å²) in [7, 11) is 1.49. The number of hydrogen-bond donors (Lipinski definition) is 0. The van der Waals surface area contributed by atoms with Crippen LogP contribution in [0, 0.1) is 11.6 Å². The Bertz CT molecular complexity index is 1080. The van der Waals surface area contributed by atoms with Crippen LogP contribution in [0.25, 0.3) is 11.4 Å². The van der Waals surface area contributed by atoms with E-state index in [0.29, 0.717) is 17.3 Å². The van der Waals surface area contributed by atoms with Gasteiger partial charge in [-0.05, 0) is 18.2 Å². The van der Waals surface area contributed by atoms with Gasteiger partial charge in [0.25, 0.3) is 5.91 Å². The Kier molecular flexibility index (Phi) is 5.03. The van der Waals surface area contributed by atoms with Gasteiger partial charge in [0.2, 0.25) is 11.8 Å². The Labute approximate surface area is 165 Å². The van der Waals surface area contributed by atoms with E-state index in [1.807, 2.05) is 0 Å². The quantitative estimate of drug-likeness (QED) is 0.673. The minimum atomic E-state index is -0.710. The summed E-state index contributed by atoms with van der Waals surface area (Å²) in [4.78, 5) is 27.0. The maximum Gasteiger partial charge on any atom is 0.261 e.